The summed E-state index contributed by atoms with van der Waals surface area (Å²) in [4.78, 5) is 2.53. The lowest BCUT2D eigenvalue weighted by Crippen LogP contribution is -2.18. The topological polar surface area (TPSA) is 12.0 Å². The second kappa shape index (κ2) is 6.62. The fourth-order valence-electron chi connectivity index (χ4n) is 1.82. The van der Waals surface area contributed by atoms with Gasteiger partial charge in [-0.2, -0.15) is 0 Å². The minimum absolute atomic E-state index is 0.373. The molecule has 1 N–H and O–H groups in total. The van der Waals surface area contributed by atoms with E-state index in [0.29, 0.717) is 6.04 Å². The monoisotopic (exact) mass is 297 g/mol. The molecular formula is C14H16ClNS2. The van der Waals surface area contributed by atoms with Gasteiger partial charge in [0.25, 0.3) is 0 Å². The molecule has 0 saturated heterocycles. The van der Waals surface area contributed by atoms with Gasteiger partial charge in [0, 0.05) is 21.6 Å². The Morgan fingerprint density at radius 2 is 2.11 bits per heavy atom. The Labute approximate surface area is 122 Å². The normalized spacial score (nSPS) is 12.6. The highest BCUT2D eigenvalue weighted by Gasteiger charge is 2.13. The Morgan fingerprint density at radius 1 is 1.33 bits per heavy atom. The SMILES string of the molecule is CNC(CSc1ccccc1Cl)c1ccsc1C. The highest BCUT2D eigenvalue weighted by atomic mass is 35.5. The molecule has 2 rings (SSSR count). The molecule has 0 aliphatic carbocycles. The summed E-state index contributed by atoms with van der Waals surface area (Å²) < 4.78 is 0. The van der Waals surface area contributed by atoms with Gasteiger partial charge >= 0.3 is 0 Å². The standard InChI is InChI=1S/C14H16ClNS2/c1-10-11(7-8-17-10)13(16-2)9-18-14-6-4-3-5-12(14)15/h3-8,13,16H,9H2,1-2H3. The molecule has 96 valence electrons. The highest BCUT2D eigenvalue weighted by Crippen LogP contribution is 2.31. The Balaban J connectivity index is 2.05. The van der Waals surface area contributed by atoms with Crippen LogP contribution in [0.1, 0.15) is 16.5 Å². The molecule has 0 bridgehead atoms. The molecule has 1 aromatic heterocycles. The van der Waals surface area contributed by atoms with E-state index < -0.39 is 0 Å². The van der Waals surface area contributed by atoms with Crippen LogP contribution < -0.4 is 5.32 Å². The van der Waals surface area contributed by atoms with Crippen molar-refractivity contribution in [3.05, 3.63) is 51.2 Å². The first-order valence-corrected chi connectivity index (χ1v) is 8.05. The van der Waals surface area contributed by atoms with Gasteiger partial charge in [0.15, 0.2) is 0 Å². The first-order valence-electron chi connectivity index (χ1n) is 5.81. The van der Waals surface area contributed by atoms with Crippen LogP contribution in [-0.2, 0) is 0 Å². The van der Waals surface area contributed by atoms with E-state index >= 15 is 0 Å². The Bertz CT molecular complexity index is 510. The van der Waals surface area contributed by atoms with E-state index in [4.69, 9.17) is 11.6 Å². The number of hydrogen-bond donors (Lipinski definition) is 1. The van der Waals surface area contributed by atoms with Gasteiger partial charge in [-0.05, 0) is 43.1 Å². The summed E-state index contributed by atoms with van der Waals surface area (Å²) in [6.07, 6.45) is 0. The fourth-order valence-corrected chi connectivity index (χ4v) is 3.96. The lowest BCUT2D eigenvalue weighted by molar-refractivity contribution is 0.661. The van der Waals surface area contributed by atoms with Crippen LogP contribution in [0.15, 0.2) is 40.6 Å². The van der Waals surface area contributed by atoms with Crippen LogP contribution >= 0.6 is 34.7 Å². The highest BCUT2D eigenvalue weighted by molar-refractivity contribution is 7.99. The number of nitrogens with one attached hydrogen (secondary N) is 1. The van der Waals surface area contributed by atoms with Gasteiger partial charge in [0.05, 0.1) is 5.02 Å². The van der Waals surface area contributed by atoms with E-state index in [1.165, 1.54) is 10.4 Å². The molecule has 1 heterocycles. The van der Waals surface area contributed by atoms with E-state index in [2.05, 4.69) is 29.8 Å². The van der Waals surface area contributed by atoms with Gasteiger partial charge in [-0.15, -0.1) is 23.1 Å². The van der Waals surface area contributed by atoms with Crippen molar-refractivity contribution in [3.8, 4) is 0 Å². The molecule has 1 atom stereocenters. The van der Waals surface area contributed by atoms with Gasteiger partial charge < -0.3 is 5.32 Å². The second-order valence-corrected chi connectivity index (χ2v) is 6.60. The molecule has 4 heteroatoms. The molecule has 1 aromatic carbocycles. The van der Waals surface area contributed by atoms with Crippen LogP contribution in [0.4, 0.5) is 0 Å². The molecule has 0 aliphatic rings. The minimum Gasteiger partial charge on any atom is -0.312 e. The van der Waals surface area contributed by atoms with Crippen LogP contribution in [0.5, 0.6) is 0 Å². The largest absolute Gasteiger partial charge is 0.312 e. The quantitative estimate of drug-likeness (QED) is 0.798. The van der Waals surface area contributed by atoms with Crippen LogP contribution in [0.2, 0.25) is 5.02 Å². The Morgan fingerprint density at radius 3 is 2.72 bits per heavy atom. The molecule has 0 radical (unpaired) electrons. The van der Waals surface area contributed by atoms with Crippen LogP contribution in [0.25, 0.3) is 0 Å². The number of benzene rings is 1. The van der Waals surface area contributed by atoms with Gasteiger partial charge in [-0.25, -0.2) is 0 Å². The third-order valence-corrected chi connectivity index (χ3v) is 5.34. The number of hydrogen-bond acceptors (Lipinski definition) is 3. The fraction of sp³-hybridized carbons (Fsp3) is 0.286. The summed E-state index contributed by atoms with van der Waals surface area (Å²) in [5, 5.41) is 6.36. The summed E-state index contributed by atoms with van der Waals surface area (Å²) in [5.41, 5.74) is 1.39. The molecule has 0 amide bonds. The van der Waals surface area contributed by atoms with Crippen molar-refractivity contribution in [1.29, 1.82) is 0 Å². The molecule has 18 heavy (non-hydrogen) atoms. The zero-order chi connectivity index (χ0) is 13.0. The van der Waals surface area contributed by atoms with Crippen LogP contribution in [0.3, 0.4) is 0 Å². The summed E-state index contributed by atoms with van der Waals surface area (Å²) in [5.74, 6) is 0.984. The molecule has 1 unspecified atom stereocenters. The number of rotatable bonds is 5. The molecule has 2 aromatic rings. The zero-order valence-corrected chi connectivity index (χ0v) is 12.8. The average molecular weight is 298 g/mol. The molecular weight excluding hydrogens is 282 g/mol. The van der Waals surface area contributed by atoms with Crippen molar-refractivity contribution < 1.29 is 0 Å². The molecule has 0 spiro atoms. The molecule has 0 fully saturated rings. The number of thioether (sulfide) groups is 1. The van der Waals surface area contributed by atoms with E-state index in [1.54, 1.807) is 23.1 Å². The van der Waals surface area contributed by atoms with Gasteiger partial charge in [-0.1, -0.05) is 23.7 Å². The average Bonchev–Trinajstić information content (AvgIpc) is 2.79. The molecule has 0 saturated carbocycles. The van der Waals surface area contributed by atoms with E-state index in [-0.39, 0.29) is 0 Å². The zero-order valence-electron chi connectivity index (χ0n) is 10.4. The number of aryl methyl sites for hydroxylation is 1. The van der Waals surface area contributed by atoms with Gasteiger partial charge in [0.2, 0.25) is 0 Å². The lowest BCUT2D eigenvalue weighted by Gasteiger charge is -2.16. The summed E-state index contributed by atoms with van der Waals surface area (Å²) >= 11 is 9.76. The van der Waals surface area contributed by atoms with E-state index in [0.717, 1.165) is 15.7 Å². The van der Waals surface area contributed by atoms with Crippen molar-refractivity contribution in [1.82, 2.24) is 5.32 Å². The lowest BCUT2D eigenvalue weighted by atomic mass is 10.1. The predicted molar refractivity (Wildman–Crippen MR) is 83.0 cm³/mol. The molecule has 1 nitrogen and oxygen atoms in total. The summed E-state index contributed by atoms with van der Waals surface area (Å²) in [6.45, 7) is 2.17. The van der Waals surface area contributed by atoms with Gasteiger partial charge in [0.1, 0.15) is 0 Å². The summed E-state index contributed by atoms with van der Waals surface area (Å²) in [6, 6.07) is 10.6. The maximum absolute atomic E-state index is 6.17. The van der Waals surface area contributed by atoms with E-state index in [9.17, 15) is 0 Å². The minimum atomic E-state index is 0.373. The predicted octanol–water partition coefficient (Wildman–Crippen LogP) is 4.76. The van der Waals surface area contributed by atoms with Crippen LogP contribution in [0, 0.1) is 6.92 Å². The first-order chi connectivity index (χ1) is 8.72. The second-order valence-electron chi connectivity index (χ2n) is 4.01. The smallest absolute Gasteiger partial charge is 0.0541 e. The van der Waals surface area contributed by atoms with Gasteiger partial charge in [-0.3, -0.25) is 0 Å². The summed E-state index contributed by atoms with van der Waals surface area (Å²) in [7, 11) is 2.01. The van der Waals surface area contributed by atoms with Crippen molar-refractivity contribution in [2.24, 2.45) is 0 Å². The molecule has 0 aliphatic heterocycles. The Hall–Kier alpha value is -0.480. The van der Waals surface area contributed by atoms with Crippen molar-refractivity contribution in [2.75, 3.05) is 12.8 Å². The Kier molecular flexibility index (Phi) is 5.13. The number of halogens is 1. The third kappa shape index (κ3) is 3.29. The van der Waals surface area contributed by atoms with Crippen molar-refractivity contribution in [3.63, 3.8) is 0 Å². The first kappa shape index (κ1) is 13.9. The maximum atomic E-state index is 6.17. The van der Waals surface area contributed by atoms with Crippen molar-refractivity contribution in [2.45, 2.75) is 17.9 Å². The van der Waals surface area contributed by atoms with E-state index in [1.807, 2.05) is 25.2 Å². The maximum Gasteiger partial charge on any atom is 0.0541 e. The third-order valence-electron chi connectivity index (χ3n) is 2.86. The van der Waals surface area contributed by atoms with Crippen molar-refractivity contribution >= 4 is 34.7 Å². The van der Waals surface area contributed by atoms with Crippen LogP contribution in [-0.4, -0.2) is 12.8 Å². The number of thiophene rings is 1.